The van der Waals surface area contributed by atoms with Gasteiger partial charge in [-0.3, -0.25) is 4.72 Å². The second-order valence-electron chi connectivity index (χ2n) is 4.92. The Kier molecular flexibility index (Phi) is 4.56. The molecule has 0 aliphatic rings. The van der Waals surface area contributed by atoms with Gasteiger partial charge in [0.05, 0.1) is 4.90 Å². The maximum atomic E-state index is 12.3. The Morgan fingerprint density at radius 3 is 2.09 bits per heavy atom. The first-order valence-corrected chi connectivity index (χ1v) is 8.01. The first-order chi connectivity index (χ1) is 10.6. The number of anilines is 1. The normalized spacial score (nSPS) is 12.0. The van der Waals surface area contributed by atoms with Gasteiger partial charge >= 0.3 is 6.36 Å². The molecule has 0 fully saturated rings. The molecular weight excluding hydrogens is 331 g/mol. The van der Waals surface area contributed by atoms with E-state index in [-0.39, 0.29) is 10.6 Å². The summed E-state index contributed by atoms with van der Waals surface area (Å²) >= 11 is 0. The van der Waals surface area contributed by atoms with E-state index >= 15 is 0 Å². The molecule has 0 saturated carbocycles. The molecule has 0 unspecified atom stereocenters. The van der Waals surface area contributed by atoms with Crippen molar-refractivity contribution in [1.29, 1.82) is 0 Å². The molecule has 0 amide bonds. The molecule has 0 saturated heterocycles. The molecule has 4 nitrogen and oxygen atoms in total. The molecule has 1 N–H and O–H groups in total. The fourth-order valence-corrected chi connectivity index (χ4v) is 2.96. The molecular formula is C15H14F3NO3S. The van der Waals surface area contributed by atoms with Gasteiger partial charge in [0.15, 0.2) is 0 Å². The van der Waals surface area contributed by atoms with Crippen molar-refractivity contribution in [1.82, 2.24) is 0 Å². The van der Waals surface area contributed by atoms with Crippen LogP contribution >= 0.6 is 0 Å². The van der Waals surface area contributed by atoms with Gasteiger partial charge in [-0.25, -0.2) is 8.42 Å². The highest BCUT2D eigenvalue weighted by atomic mass is 32.2. The Balaban J connectivity index is 2.19. The number of alkyl halides is 3. The van der Waals surface area contributed by atoms with Gasteiger partial charge < -0.3 is 4.74 Å². The molecule has 0 aromatic heterocycles. The smallest absolute Gasteiger partial charge is 0.406 e. The summed E-state index contributed by atoms with van der Waals surface area (Å²) in [6, 6.07) is 9.13. The predicted octanol–water partition coefficient (Wildman–Crippen LogP) is 4.00. The first kappa shape index (κ1) is 17.1. The van der Waals surface area contributed by atoms with Crippen molar-refractivity contribution in [2.75, 3.05) is 4.72 Å². The number of hydrogen-bond acceptors (Lipinski definition) is 3. The quantitative estimate of drug-likeness (QED) is 0.911. The van der Waals surface area contributed by atoms with E-state index in [2.05, 4.69) is 9.46 Å². The van der Waals surface area contributed by atoms with E-state index in [1.54, 1.807) is 13.0 Å². The molecule has 124 valence electrons. The van der Waals surface area contributed by atoms with E-state index in [4.69, 9.17) is 0 Å². The zero-order chi connectivity index (χ0) is 17.3. The molecule has 0 atom stereocenters. The lowest BCUT2D eigenvalue weighted by atomic mass is 10.1. The molecule has 2 rings (SSSR count). The fraction of sp³-hybridized carbons (Fsp3) is 0.200. The van der Waals surface area contributed by atoms with Crippen LogP contribution in [0.4, 0.5) is 18.9 Å². The van der Waals surface area contributed by atoms with Crippen LogP contribution in [0.3, 0.4) is 0 Å². The third kappa shape index (κ3) is 4.62. The van der Waals surface area contributed by atoms with Crippen LogP contribution in [0.15, 0.2) is 47.4 Å². The van der Waals surface area contributed by atoms with E-state index in [9.17, 15) is 21.6 Å². The van der Waals surface area contributed by atoms with Crippen molar-refractivity contribution >= 4 is 15.7 Å². The van der Waals surface area contributed by atoms with Crippen LogP contribution in [-0.2, 0) is 10.0 Å². The Bertz CT molecular complexity index is 800. The van der Waals surface area contributed by atoms with E-state index in [1.165, 1.54) is 24.3 Å². The number of aryl methyl sites for hydroxylation is 2. The van der Waals surface area contributed by atoms with Crippen molar-refractivity contribution in [2.24, 2.45) is 0 Å². The van der Waals surface area contributed by atoms with Gasteiger partial charge in [-0.15, -0.1) is 13.2 Å². The highest BCUT2D eigenvalue weighted by Gasteiger charge is 2.31. The van der Waals surface area contributed by atoms with Crippen LogP contribution in [0.1, 0.15) is 11.1 Å². The summed E-state index contributed by atoms with van der Waals surface area (Å²) in [4.78, 5) is 0.0798. The average molecular weight is 345 g/mol. The number of ether oxygens (including phenoxy) is 1. The number of sulfonamides is 1. The van der Waals surface area contributed by atoms with Gasteiger partial charge in [-0.2, -0.15) is 0 Å². The number of hydrogen-bond donors (Lipinski definition) is 1. The molecule has 23 heavy (non-hydrogen) atoms. The predicted molar refractivity (Wildman–Crippen MR) is 79.8 cm³/mol. The van der Waals surface area contributed by atoms with E-state index < -0.39 is 22.1 Å². The maximum Gasteiger partial charge on any atom is 0.573 e. The number of nitrogens with one attached hydrogen (secondary N) is 1. The van der Waals surface area contributed by atoms with Gasteiger partial charge in [-0.1, -0.05) is 6.07 Å². The standard InChI is InChI=1S/C15H14F3NO3S/c1-10-3-8-14(9-11(10)2)23(20,21)19-12-4-6-13(7-5-12)22-15(16,17)18/h3-9,19H,1-2H3. The van der Waals surface area contributed by atoms with Gasteiger partial charge in [0, 0.05) is 5.69 Å². The van der Waals surface area contributed by atoms with Crippen LogP contribution in [0, 0.1) is 13.8 Å². The van der Waals surface area contributed by atoms with Crippen molar-refractivity contribution in [3.63, 3.8) is 0 Å². The lowest BCUT2D eigenvalue weighted by Gasteiger charge is -2.11. The lowest BCUT2D eigenvalue weighted by molar-refractivity contribution is -0.274. The monoisotopic (exact) mass is 345 g/mol. The molecule has 0 bridgehead atoms. The van der Waals surface area contributed by atoms with Crippen LogP contribution < -0.4 is 9.46 Å². The topological polar surface area (TPSA) is 55.4 Å². The van der Waals surface area contributed by atoms with Crippen molar-refractivity contribution in [3.05, 3.63) is 53.6 Å². The molecule has 0 radical (unpaired) electrons. The van der Waals surface area contributed by atoms with Crippen LogP contribution in [-0.4, -0.2) is 14.8 Å². The summed E-state index contributed by atoms with van der Waals surface area (Å²) in [5, 5.41) is 0. The lowest BCUT2D eigenvalue weighted by Crippen LogP contribution is -2.17. The minimum Gasteiger partial charge on any atom is -0.406 e. The second-order valence-corrected chi connectivity index (χ2v) is 6.61. The van der Waals surface area contributed by atoms with E-state index in [1.807, 2.05) is 6.92 Å². The summed E-state index contributed by atoms with van der Waals surface area (Å²) in [7, 11) is -3.81. The Labute approximate surface area is 132 Å². The van der Waals surface area contributed by atoms with Crippen LogP contribution in [0.5, 0.6) is 5.75 Å². The molecule has 0 spiro atoms. The van der Waals surface area contributed by atoms with Gasteiger partial charge in [-0.05, 0) is 61.4 Å². The van der Waals surface area contributed by atoms with Gasteiger partial charge in [0.2, 0.25) is 0 Å². The summed E-state index contributed by atoms with van der Waals surface area (Å²) < 4.78 is 66.8. The van der Waals surface area contributed by atoms with E-state index in [0.29, 0.717) is 0 Å². The van der Waals surface area contributed by atoms with Crippen molar-refractivity contribution < 1.29 is 26.3 Å². The molecule has 2 aromatic rings. The second kappa shape index (κ2) is 6.11. The maximum absolute atomic E-state index is 12.3. The summed E-state index contributed by atoms with van der Waals surface area (Å²) in [5.41, 5.74) is 1.91. The minimum absolute atomic E-state index is 0.0798. The molecule has 0 aliphatic carbocycles. The number of halogens is 3. The summed E-state index contributed by atoms with van der Waals surface area (Å²) in [5.74, 6) is -0.424. The van der Waals surface area contributed by atoms with Crippen LogP contribution in [0.2, 0.25) is 0 Å². The van der Waals surface area contributed by atoms with Gasteiger partial charge in [0.25, 0.3) is 10.0 Å². The third-order valence-corrected chi connectivity index (χ3v) is 4.51. The average Bonchev–Trinajstić information content (AvgIpc) is 2.42. The SMILES string of the molecule is Cc1ccc(S(=O)(=O)Nc2ccc(OC(F)(F)F)cc2)cc1C. The van der Waals surface area contributed by atoms with Crippen molar-refractivity contribution in [2.45, 2.75) is 25.1 Å². The van der Waals surface area contributed by atoms with Crippen molar-refractivity contribution in [3.8, 4) is 5.75 Å². The molecule has 8 heteroatoms. The fourth-order valence-electron chi connectivity index (χ4n) is 1.82. The summed E-state index contributed by atoms with van der Waals surface area (Å²) in [6.07, 6.45) is -4.79. The number of benzene rings is 2. The zero-order valence-electron chi connectivity index (χ0n) is 12.3. The molecule has 0 aliphatic heterocycles. The largest absolute Gasteiger partial charge is 0.573 e. The minimum atomic E-state index is -4.79. The number of rotatable bonds is 4. The zero-order valence-corrected chi connectivity index (χ0v) is 13.1. The van der Waals surface area contributed by atoms with E-state index in [0.717, 1.165) is 23.3 Å². The molecule has 0 heterocycles. The van der Waals surface area contributed by atoms with Gasteiger partial charge in [0.1, 0.15) is 5.75 Å². The first-order valence-electron chi connectivity index (χ1n) is 6.53. The Morgan fingerprint density at radius 1 is 0.957 bits per heavy atom. The Hall–Kier alpha value is -2.22. The summed E-state index contributed by atoms with van der Waals surface area (Å²) in [6.45, 7) is 3.65. The Morgan fingerprint density at radius 2 is 1.57 bits per heavy atom. The van der Waals surface area contributed by atoms with Crippen LogP contribution in [0.25, 0.3) is 0 Å². The molecule has 2 aromatic carbocycles. The highest BCUT2D eigenvalue weighted by molar-refractivity contribution is 7.92. The third-order valence-electron chi connectivity index (χ3n) is 3.13. The highest BCUT2D eigenvalue weighted by Crippen LogP contribution is 2.25.